The van der Waals surface area contributed by atoms with E-state index in [4.69, 9.17) is 123 Å². The van der Waals surface area contributed by atoms with Crippen molar-refractivity contribution >= 4 is 146 Å². The van der Waals surface area contributed by atoms with Gasteiger partial charge in [0.15, 0.2) is 41.1 Å². The Morgan fingerprint density at radius 3 is 0.844 bits per heavy atom. The van der Waals surface area contributed by atoms with Crippen molar-refractivity contribution < 1.29 is 125 Å². The van der Waals surface area contributed by atoms with E-state index in [2.05, 4.69) is 29.1 Å². The van der Waals surface area contributed by atoms with E-state index in [0.717, 1.165) is 89.3 Å². The van der Waals surface area contributed by atoms with Crippen molar-refractivity contribution in [1.29, 1.82) is 0 Å². The summed E-state index contributed by atoms with van der Waals surface area (Å²) in [6.07, 6.45) is 2.53. The van der Waals surface area contributed by atoms with Crippen molar-refractivity contribution in [3.8, 4) is 0 Å². The van der Waals surface area contributed by atoms with Gasteiger partial charge in [0.25, 0.3) is 23.6 Å². The Hall–Kier alpha value is -7.13. The molecular formula is C93H118Cl6N6O27S3. The molecule has 2 fully saturated rings. The van der Waals surface area contributed by atoms with Crippen molar-refractivity contribution in [2.45, 2.75) is 123 Å². The van der Waals surface area contributed by atoms with Crippen LogP contribution < -0.4 is 5.73 Å². The lowest BCUT2D eigenvalue weighted by atomic mass is 9.85. The smallest absolute Gasteiger partial charge is 0.358 e. The summed E-state index contributed by atoms with van der Waals surface area (Å²) in [5.74, 6) is -4.84. The number of rotatable bonds is 56. The maximum atomic E-state index is 13.0. The largest absolute Gasteiger partial charge is 0.379 e. The van der Waals surface area contributed by atoms with Gasteiger partial charge in [0.05, 0.1) is 118 Å². The van der Waals surface area contributed by atoms with Crippen LogP contribution in [0.5, 0.6) is 0 Å². The number of amides is 4. The molecule has 5 aliphatic heterocycles. The summed E-state index contributed by atoms with van der Waals surface area (Å²) >= 11 is 38.4. The standard InChI is InChI=1S/C56H72Cl4N2O13S2.C25H34Cl2N2O5S.C12H12N2O9/c1-61-35-51(49-31-43(57)33-55(59)53(49)37-61)41-9-13-47(14-10-41)76(65,66)29-5-19-71-23-27-73-25-21-69-17-3-7-45(63)39-75-40-46(64)8-4-18-70-22-26-74-28-24-72-20-6-30-77(67,68)48-15-11-42(12-16-48)52-36-62(2)38-54-50(52)32-44(58)34-56(54)60;1-29-17-23(22-15-20(26)16-25(27)24(22)18-29)19-3-5-21(6-4-19)35(30,31)14-2-8-32-10-12-34-13-11-33-9-7-28;15-7-1-2-8(16)13(7)22-11(19)5-21-6-12(20)23-14-9(17)3-4-10(14)18/h9-16,31-34,51-52H,3-8,17-30,35-40H2,1-2H3;3-6,15-16,23H,2,7-14,17-18,28H2,1H3;1-6H2. The molecule has 2 saturated heterocycles. The van der Waals surface area contributed by atoms with Gasteiger partial charge in [-0.25, -0.2) is 34.8 Å². The highest BCUT2D eigenvalue weighted by Crippen LogP contribution is 2.42. The van der Waals surface area contributed by atoms with Crippen LogP contribution in [0.2, 0.25) is 30.1 Å². The Balaban J connectivity index is 0.000000286. The van der Waals surface area contributed by atoms with Crippen LogP contribution in [0.25, 0.3) is 0 Å². The van der Waals surface area contributed by atoms with Crippen molar-refractivity contribution in [2.24, 2.45) is 5.73 Å². The van der Waals surface area contributed by atoms with Crippen LogP contribution in [0.3, 0.4) is 0 Å². The number of halogens is 6. The number of nitrogens with two attached hydrogens (primary N) is 1. The minimum atomic E-state index is -3.48. The number of benzene rings is 6. The summed E-state index contributed by atoms with van der Waals surface area (Å²) in [6, 6.07) is 32.4. The van der Waals surface area contributed by atoms with Gasteiger partial charge in [-0.05, 0) is 176 Å². The molecule has 6 aromatic rings. The summed E-state index contributed by atoms with van der Waals surface area (Å²) in [5, 5.41) is 4.37. The first-order valence-electron chi connectivity index (χ1n) is 44.4. The van der Waals surface area contributed by atoms with Crippen molar-refractivity contribution in [3.05, 3.63) is 189 Å². The van der Waals surface area contributed by atoms with Gasteiger partial charge in [0, 0.05) is 165 Å². The lowest BCUT2D eigenvalue weighted by Gasteiger charge is -2.33. The summed E-state index contributed by atoms with van der Waals surface area (Å²) < 4.78 is 137. The van der Waals surface area contributed by atoms with E-state index in [-0.39, 0.29) is 121 Å². The lowest BCUT2D eigenvalue weighted by Crippen LogP contribution is -2.35. The molecule has 4 amide bonds. The molecule has 0 saturated carbocycles. The fraction of sp³-hybridized carbons (Fsp3) is 0.527. The molecule has 0 radical (unpaired) electrons. The molecule has 742 valence electrons. The maximum absolute atomic E-state index is 13.0. The minimum Gasteiger partial charge on any atom is -0.379 e. The molecule has 0 spiro atoms. The first-order chi connectivity index (χ1) is 64.7. The fourth-order valence-corrected chi connectivity index (χ4v) is 20.7. The minimum absolute atomic E-state index is 0.0249. The molecule has 0 aromatic heterocycles. The molecule has 135 heavy (non-hydrogen) atoms. The second kappa shape index (κ2) is 57.6. The number of nitrogens with zero attached hydrogens (tertiary/aromatic N) is 5. The number of hydrogen-bond acceptors (Lipinski definition) is 31. The van der Waals surface area contributed by atoms with E-state index in [1.165, 1.54) is 0 Å². The first-order valence-corrected chi connectivity index (χ1v) is 51.6. The molecule has 5 heterocycles. The highest BCUT2D eigenvalue weighted by Gasteiger charge is 2.37. The molecule has 33 nitrogen and oxygen atoms in total. The van der Waals surface area contributed by atoms with Gasteiger partial charge in [-0.2, -0.15) is 0 Å². The van der Waals surface area contributed by atoms with E-state index < -0.39 is 78.3 Å². The molecule has 0 aliphatic carbocycles. The summed E-state index contributed by atoms with van der Waals surface area (Å²) in [6.45, 7) is 10.1. The lowest BCUT2D eigenvalue weighted by molar-refractivity contribution is -0.205. The van der Waals surface area contributed by atoms with Gasteiger partial charge in [-0.3, -0.25) is 28.8 Å². The average Bonchev–Trinajstić information content (AvgIpc) is 1.74. The van der Waals surface area contributed by atoms with Gasteiger partial charge in [0.2, 0.25) is 0 Å². The predicted octanol–water partition coefficient (Wildman–Crippen LogP) is 11.3. The Kier molecular flexibility index (Phi) is 47.5. The number of imide groups is 2. The predicted molar refractivity (Wildman–Crippen MR) is 504 cm³/mol. The monoisotopic (exact) mass is 2060 g/mol. The molecule has 11 rings (SSSR count). The third-order valence-corrected chi connectivity index (χ3v) is 29.0. The van der Waals surface area contributed by atoms with Gasteiger partial charge in [0.1, 0.15) is 26.4 Å². The van der Waals surface area contributed by atoms with Crippen molar-refractivity contribution in [1.82, 2.24) is 24.8 Å². The SMILES string of the molecule is CN1Cc2c(Cl)cc(Cl)cc2C(c2ccc(S(=O)(=O)CCCOCCOCCOCCCC(=O)COCC(=O)CCCOCCOCCOCCCS(=O)(=O)c3ccc(C4CN(C)Cc5c(Cl)cc(Cl)cc54)cc3)cc2)C1.CN1Cc2c(Cl)cc(Cl)cc2C(c2ccc(S(=O)(=O)CCCOCCOCCOCCN)cc2)C1.O=C(COCC(=O)ON1C(=O)CCC1=O)ON1C(=O)CCC1=O. The van der Waals surface area contributed by atoms with Crippen molar-refractivity contribution in [2.75, 3.05) is 210 Å². The zero-order valence-electron chi connectivity index (χ0n) is 75.9. The number of carbonyl (C=O) groups is 8. The average molecular weight is 2060 g/mol. The summed E-state index contributed by atoms with van der Waals surface area (Å²) in [5.41, 5.74) is 14.8. The second-order valence-corrected chi connectivity index (χ2v) is 41.4. The third-order valence-electron chi connectivity index (χ3n) is 21.9. The Morgan fingerprint density at radius 2 is 0.578 bits per heavy atom. The Morgan fingerprint density at radius 1 is 0.333 bits per heavy atom. The Bertz CT molecular complexity index is 5000. The molecule has 5 aliphatic rings. The molecule has 3 atom stereocenters. The maximum Gasteiger partial charge on any atom is 0.358 e. The van der Waals surface area contributed by atoms with E-state index in [9.17, 15) is 63.6 Å². The zero-order chi connectivity index (χ0) is 97.5. The van der Waals surface area contributed by atoms with E-state index in [1.54, 1.807) is 54.6 Å². The molecule has 0 bridgehead atoms. The number of likely N-dealkylation sites (N-methyl/N-ethyl adjacent to an activating group) is 3. The first kappa shape index (κ1) is 111. The summed E-state index contributed by atoms with van der Waals surface area (Å²) in [4.78, 5) is 108. The molecule has 2 N–H and O–H groups in total. The topological polar surface area (TPSA) is 401 Å². The Labute approximate surface area is 818 Å². The van der Waals surface area contributed by atoms with Crippen LogP contribution in [-0.4, -0.2) is 307 Å². The zero-order valence-corrected chi connectivity index (χ0v) is 82.8. The number of hydrogen-bond donors (Lipinski definition) is 1. The molecular weight excluding hydrogens is 1940 g/mol. The van der Waals surface area contributed by atoms with E-state index in [1.807, 2.05) is 75.7 Å². The molecule has 42 heteroatoms. The van der Waals surface area contributed by atoms with Crippen LogP contribution in [0.15, 0.2) is 124 Å². The van der Waals surface area contributed by atoms with Crippen LogP contribution in [0.4, 0.5) is 0 Å². The number of carbonyl (C=O) groups excluding carboxylic acids is 8. The fourth-order valence-electron chi connectivity index (χ4n) is 15.2. The number of ether oxygens (including phenoxy) is 11. The third kappa shape index (κ3) is 37.1. The quantitative estimate of drug-likeness (QED) is 0.0274. The van der Waals surface area contributed by atoms with Crippen LogP contribution >= 0.6 is 69.6 Å². The number of sulfone groups is 3. The highest BCUT2D eigenvalue weighted by molar-refractivity contribution is 7.92. The highest BCUT2D eigenvalue weighted by atomic mass is 35.5. The van der Waals surface area contributed by atoms with E-state index >= 15 is 0 Å². The van der Waals surface area contributed by atoms with E-state index in [0.29, 0.717) is 190 Å². The van der Waals surface area contributed by atoms with Crippen molar-refractivity contribution in [3.63, 3.8) is 0 Å². The molecule has 3 unspecified atom stereocenters. The number of fused-ring (bicyclic) bond motifs is 3. The summed E-state index contributed by atoms with van der Waals surface area (Å²) in [7, 11) is -4.25. The number of Topliss-reactive ketones (excluding diaryl/α,β-unsaturated/α-hetero) is 2. The van der Waals surface area contributed by atoms with Gasteiger partial charge in [-0.1, -0.05) is 106 Å². The van der Waals surface area contributed by atoms with Crippen LogP contribution in [0.1, 0.15) is 138 Å². The van der Waals surface area contributed by atoms with Crippen LogP contribution in [-0.2, 0) is 149 Å². The number of hydroxylamine groups is 4. The van der Waals surface area contributed by atoms with Gasteiger partial charge < -0.3 is 82.2 Å². The van der Waals surface area contributed by atoms with Gasteiger partial charge >= 0.3 is 11.9 Å². The molecule has 6 aromatic carbocycles. The van der Waals surface area contributed by atoms with Gasteiger partial charge in [-0.15, -0.1) is 10.1 Å². The second-order valence-electron chi connectivity index (χ2n) is 32.5. The normalized spacial score (nSPS) is 16.5. The number of ketones is 2. The van der Waals surface area contributed by atoms with Crippen LogP contribution in [0, 0.1) is 0 Å².